The van der Waals surface area contributed by atoms with E-state index in [1.54, 1.807) is 7.11 Å². The number of methoxy groups -OCH3 is 1. The van der Waals surface area contributed by atoms with E-state index in [-0.39, 0.29) is 5.91 Å². The number of halogens is 1. The molecular formula is C26H24ClN3O2. The van der Waals surface area contributed by atoms with Crippen LogP contribution >= 0.6 is 11.6 Å². The van der Waals surface area contributed by atoms with Gasteiger partial charge in [-0.25, -0.2) is 0 Å². The summed E-state index contributed by atoms with van der Waals surface area (Å²) in [6.07, 6.45) is 0. The number of piperazine rings is 1. The lowest BCUT2D eigenvalue weighted by Crippen LogP contribution is -2.48. The SMILES string of the molecule is COc1ccccc1N1CCN(C(=O)c2c(Cl)n(-c3ccccc3)c3ccccc23)CC1. The molecule has 0 bridgehead atoms. The van der Waals surface area contributed by atoms with Crippen LogP contribution in [-0.2, 0) is 0 Å². The molecule has 0 aliphatic carbocycles. The second kappa shape index (κ2) is 8.60. The van der Waals surface area contributed by atoms with Gasteiger partial charge in [-0.05, 0) is 30.3 Å². The molecule has 0 unspecified atom stereocenters. The molecule has 0 spiro atoms. The van der Waals surface area contributed by atoms with E-state index in [1.165, 1.54) is 0 Å². The zero-order valence-electron chi connectivity index (χ0n) is 17.9. The Morgan fingerprint density at radius 3 is 2.25 bits per heavy atom. The molecule has 0 atom stereocenters. The van der Waals surface area contributed by atoms with E-state index in [1.807, 2.05) is 82.3 Å². The lowest BCUT2D eigenvalue weighted by molar-refractivity contribution is 0.0749. The number of para-hydroxylation sites is 4. The zero-order chi connectivity index (χ0) is 22.1. The van der Waals surface area contributed by atoms with Gasteiger partial charge in [0.05, 0.1) is 23.9 Å². The van der Waals surface area contributed by atoms with Crippen molar-refractivity contribution in [3.05, 3.63) is 89.6 Å². The van der Waals surface area contributed by atoms with E-state index >= 15 is 0 Å². The minimum Gasteiger partial charge on any atom is -0.495 e. The van der Waals surface area contributed by atoms with Crippen molar-refractivity contribution in [1.29, 1.82) is 0 Å². The lowest BCUT2D eigenvalue weighted by atomic mass is 10.1. The van der Waals surface area contributed by atoms with E-state index in [0.717, 1.165) is 41.1 Å². The number of anilines is 1. The highest BCUT2D eigenvalue weighted by atomic mass is 35.5. The van der Waals surface area contributed by atoms with Gasteiger partial charge in [0.15, 0.2) is 0 Å². The minimum absolute atomic E-state index is 0.0273. The summed E-state index contributed by atoms with van der Waals surface area (Å²) >= 11 is 6.85. The van der Waals surface area contributed by atoms with Gasteiger partial charge in [0, 0.05) is 37.3 Å². The number of amides is 1. The van der Waals surface area contributed by atoms with Gasteiger partial charge in [0.2, 0.25) is 0 Å². The van der Waals surface area contributed by atoms with Crippen molar-refractivity contribution >= 4 is 34.1 Å². The fourth-order valence-electron chi connectivity index (χ4n) is 4.44. The highest BCUT2D eigenvalue weighted by Crippen LogP contribution is 2.34. The summed E-state index contributed by atoms with van der Waals surface area (Å²) in [5, 5.41) is 1.33. The third kappa shape index (κ3) is 3.49. The molecular weight excluding hydrogens is 422 g/mol. The Balaban J connectivity index is 1.45. The van der Waals surface area contributed by atoms with Crippen molar-refractivity contribution in [1.82, 2.24) is 9.47 Å². The average molecular weight is 446 g/mol. The molecule has 5 rings (SSSR count). The molecule has 1 fully saturated rings. The number of rotatable bonds is 4. The highest BCUT2D eigenvalue weighted by molar-refractivity contribution is 6.36. The summed E-state index contributed by atoms with van der Waals surface area (Å²) in [6, 6.07) is 25.8. The van der Waals surface area contributed by atoms with Gasteiger partial charge >= 0.3 is 0 Å². The van der Waals surface area contributed by atoms with Gasteiger partial charge in [0.1, 0.15) is 10.9 Å². The second-order valence-electron chi connectivity index (χ2n) is 7.81. The predicted octanol–water partition coefficient (Wildman–Crippen LogP) is 5.25. The molecule has 5 nitrogen and oxygen atoms in total. The number of hydrogen-bond donors (Lipinski definition) is 0. The molecule has 4 aromatic rings. The van der Waals surface area contributed by atoms with Gasteiger partial charge in [-0.1, -0.05) is 60.1 Å². The Morgan fingerprint density at radius 1 is 0.844 bits per heavy atom. The van der Waals surface area contributed by atoms with Crippen LogP contribution in [0, 0.1) is 0 Å². The highest BCUT2D eigenvalue weighted by Gasteiger charge is 2.29. The van der Waals surface area contributed by atoms with Gasteiger partial charge in [-0.2, -0.15) is 0 Å². The molecule has 1 aliphatic heterocycles. The molecule has 32 heavy (non-hydrogen) atoms. The third-order valence-electron chi connectivity index (χ3n) is 6.04. The number of aromatic nitrogens is 1. The largest absolute Gasteiger partial charge is 0.495 e. The average Bonchev–Trinajstić information content (AvgIpc) is 3.15. The van der Waals surface area contributed by atoms with Gasteiger partial charge in [0.25, 0.3) is 5.91 Å². The summed E-state index contributed by atoms with van der Waals surface area (Å²) in [4.78, 5) is 17.8. The van der Waals surface area contributed by atoms with Crippen LogP contribution in [0.4, 0.5) is 5.69 Å². The first-order valence-corrected chi connectivity index (χ1v) is 11.1. The normalized spacial score (nSPS) is 14.1. The lowest BCUT2D eigenvalue weighted by Gasteiger charge is -2.36. The summed E-state index contributed by atoms with van der Waals surface area (Å²) in [7, 11) is 1.68. The summed E-state index contributed by atoms with van der Waals surface area (Å²) in [6.45, 7) is 2.72. The maximum Gasteiger partial charge on any atom is 0.257 e. The molecule has 0 saturated carbocycles. The topological polar surface area (TPSA) is 37.7 Å². The van der Waals surface area contributed by atoms with Crippen molar-refractivity contribution in [2.45, 2.75) is 0 Å². The first-order chi connectivity index (χ1) is 15.7. The number of fused-ring (bicyclic) bond motifs is 1. The number of carbonyl (C=O) groups excluding carboxylic acids is 1. The third-order valence-corrected chi connectivity index (χ3v) is 6.40. The van der Waals surface area contributed by atoms with Crippen molar-refractivity contribution < 1.29 is 9.53 Å². The Morgan fingerprint density at radius 2 is 1.50 bits per heavy atom. The Hall–Kier alpha value is -3.44. The first kappa shape index (κ1) is 20.5. The molecule has 1 saturated heterocycles. The van der Waals surface area contributed by atoms with Crippen molar-refractivity contribution in [2.24, 2.45) is 0 Å². The van der Waals surface area contributed by atoms with Crippen LogP contribution in [0.5, 0.6) is 5.75 Å². The number of benzene rings is 3. The zero-order valence-corrected chi connectivity index (χ0v) is 18.6. The summed E-state index contributed by atoms with van der Waals surface area (Å²) in [5.41, 5.74) is 3.49. The van der Waals surface area contributed by atoms with E-state index in [4.69, 9.17) is 16.3 Å². The van der Waals surface area contributed by atoms with Crippen LogP contribution in [0.2, 0.25) is 5.15 Å². The molecule has 2 heterocycles. The number of ether oxygens (including phenoxy) is 1. The quantitative estimate of drug-likeness (QED) is 0.430. The van der Waals surface area contributed by atoms with E-state index in [9.17, 15) is 4.79 Å². The molecule has 1 amide bonds. The van der Waals surface area contributed by atoms with Crippen LogP contribution in [-0.4, -0.2) is 48.7 Å². The molecule has 3 aromatic carbocycles. The molecule has 6 heteroatoms. The Labute approximate surface area is 192 Å². The van der Waals surface area contributed by atoms with Gasteiger partial charge in [-0.15, -0.1) is 0 Å². The monoisotopic (exact) mass is 445 g/mol. The predicted molar refractivity (Wildman–Crippen MR) is 129 cm³/mol. The molecule has 1 aliphatic rings. The maximum atomic E-state index is 13.6. The van der Waals surface area contributed by atoms with Crippen molar-refractivity contribution in [3.63, 3.8) is 0 Å². The van der Waals surface area contributed by atoms with E-state index in [2.05, 4.69) is 11.0 Å². The molecule has 0 N–H and O–H groups in total. The van der Waals surface area contributed by atoms with Crippen LogP contribution in [0.15, 0.2) is 78.9 Å². The second-order valence-corrected chi connectivity index (χ2v) is 8.16. The minimum atomic E-state index is -0.0273. The van der Waals surface area contributed by atoms with E-state index in [0.29, 0.717) is 23.8 Å². The fraction of sp³-hybridized carbons (Fsp3) is 0.192. The van der Waals surface area contributed by atoms with Crippen LogP contribution in [0.25, 0.3) is 16.6 Å². The molecule has 162 valence electrons. The van der Waals surface area contributed by atoms with Crippen molar-refractivity contribution in [3.8, 4) is 11.4 Å². The van der Waals surface area contributed by atoms with Crippen LogP contribution in [0.1, 0.15) is 10.4 Å². The number of hydrogen-bond acceptors (Lipinski definition) is 3. The molecule has 1 aromatic heterocycles. The summed E-state index contributed by atoms with van der Waals surface area (Å²) < 4.78 is 7.46. The molecule has 0 radical (unpaired) electrons. The van der Waals surface area contributed by atoms with Crippen LogP contribution < -0.4 is 9.64 Å². The van der Waals surface area contributed by atoms with Gasteiger partial charge < -0.3 is 14.5 Å². The van der Waals surface area contributed by atoms with E-state index < -0.39 is 0 Å². The fourth-order valence-corrected chi connectivity index (χ4v) is 4.81. The Bertz CT molecular complexity index is 1260. The first-order valence-electron chi connectivity index (χ1n) is 10.7. The van der Waals surface area contributed by atoms with Crippen LogP contribution in [0.3, 0.4) is 0 Å². The number of carbonyl (C=O) groups is 1. The van der Waals surface area contributed by atoms with Crippen molar-refractivity contribution in [2.75, 3.05) is 38.2 Å². The Kier molecular flexibility index (Phi) is 5.50. The summed E-state index contributed by atoms with van der Waals surface area (Å²) in [5.74, 6) is 0.821. The number of nitrogens with zero attached hydrogens (tertiary/aromatic N) is 3. The smallest absolute Gasteiger partial charge is 0.257 e. The maximum absolute atomic E-state index is 13.6. The standard InChI is InChI=1S/C26H24ClN3O2/c1-32-23-14-8-7-13-22(23)28-15-17-29(18-16-28)26(31)24-20-11-5-6-12-21(20)30(25(24)27)19-9-3-2-4-10-19/h2-14H,15-18H2,1H3. The van der Waals surface area contributed by atoms with Gasteiger partial charge in [-0.3, -0.25) is 9.36 Å².